The summed E-state index contributed by atoms with van der Waals surface area (Å²) in [7, 11) is 0. The van der Waals surface area contributed by atoms with E-state index in [0.29, 0.717) is 33.6 Å². The molecule has 0 bridgehead atoms. The fourth-order valence-corrected chi connectivity index (χ4v) is 2.42. The van der Waals surface area contributed by atoms with Crippen LogP contribution in [0.4, 0.5) is 20.4 Å². The van der Waals surface area contributed by atoms with Crippen molar-refractivity contribution in [3.8, 4) is 0 Å². The third kappa shape index (κ3) is 2.09. The topological polar surface area (TPSA) is 84.3 Å². The van der Waals surface area contributed by atoms with Crippen molar-refractivity contribution in [3.63, 3.8) is 0 Å². The lowest BCUT2D eigenvalue weighted by atomic mass is 10.2. The van der Waals surface area contributed by atoms with Gasteiger partial charge in [-0.3, -0.25) is 0 Å². The summed E-state index contributed by atoms with van der Waals surface area (Å²) >= 11 is 0. The second kappa shape index (κ2) is 4.72. The van der Waals surface area contributed by atoms with Crippen LogP contribution >= 0.6 is 0 Å². The van der Waals surface area contributed by atoms with Crippen LogP contribution in [0.15, 0.2) is 12.5 Å². The minimum atomic E-state index is -2.67. The Labute approximate surface area is 123 Å². The maximum absolute atomic E-state index is 12.8. The molecule has 1 fully saturated rings. The number of hydrogen-bond acceptors (Lipinski definition) is 5. The molecule has 1 saturated carbocycles. The maximum atomic E-state index is 12.8. The molecule has 0 unspecified atom stereocenters. The predicted molar refractivity (Wildman–Crippen MR) is 75.2 cm³/mol. The second-order valence-corrected chi connectivity index (χ2v) is 5.30. The van der Waals surface area contributed by atoms with Gasteiger partial charge in [0.05, 0.1) is 29.6 Å². The van der Waals surface area contributed by atoms with Gasteiger partial charge in [0.1, 0.15) is 5.52 Å². The smallest absolute Gasteiger partial charge is 0.329 e. The minimum Gasteiger partial charge on any atom is -0.329 e. The highest BCUT2D eigenvalue weighted by Gasteiger charge is 2.29. The van der Waals surface area contributed by atoms with Crippen molar-refractivity contribution in [1.29, 1.82) is 0 Å². The van der Waals surface area contributed by atoms with Gasteiger partial charge in [0.15, 0.2) is 5.65 Å². The van der Waals surface area contributed by atoms with E-state index in [9.17, 15) is 8.78 Å². The van der Waals surface area contributed by atoms with Crippen molar-refractivity contribution in [2.75, 3.05) is 5.32 Å². The fraction of sp³-hybridized carbons (Fsp3) is 0.385. The normalized spacial score (nSPS) is 14.9. The van der Waals surface area contributed by atoms with Gasteiger partial charge in [-0.2, -0.15) is 18.9 Å². The molecular formula is C13H13F2N7. The second-order valence-electron chi connectivity index (χ2n) is 5.30. The molecule has 3 heterocycles. The van der Waals surface area contributed by atoms with Gasteiger partial charge in [-0.1, -0.05) is 0 Å². The number of imidazole rings is 1. The Balaban J connectivity index is 1.72. The molecule has 0 aromatic carbocycles. The van der Waals surface area contributed by atoms with Gasteiger partial charge in [0.2, 0.25) is 5.95 Å². The lowest BCUT2D eigenvalue weighted by Gasteiger charge is -2.07. The number of fused-ring (bicyclic) bond motifs is 1. The van der Waals surface area contributed by atoms with E-state index >= 15 is 0 Å². The number of alkyl halides is 2. The zero-order valence-electron chi connectivity index (χ0n) is 11.7. The minimum absolute atomic E-state index is 0.330. The molecule has 3 aromatic rings. The number of anilines is 2. The van der Waals surface area contributed by atoms with Crippen LogP contribution in [0.25, 0.3) is 11.2 Å². The first-order valence-electron chi connectivity index (χ1n) is 6.94. The van der Waals surface area contributed by atoms with Crippen LogP contribution in [-0.4, -0.2) is 29.7 Å². The van der Waals surface area contributed by atoms with Crippen LogP contribution in [0.5, 0.6) is 0 Å². The maximum Gasteiger partial charge on any atom is 0.333 e. The van der Waals surface area contributed by atoms with Crippen LogP contribution in [-0.2, 0) is 0 Å². The van der Waals surface area contributed by atoms with Gasteiger partial charge in [0.25, 0.3) is 0 Å². The van der Waals surface area contributed by atoms with E-state index < -0.39 is 6.55 Å². The third-order valence-corrected chi connectivity index (χ3v) is 3.75. The summed E-state index contributed by atoms with van der Waals surface area (Å²) < 4.78 is 26.2. The number of nitrogens with zero attached hydrogens (tertiary/aromatic N) is 5. The number of nitrogens with one attached hydrogen (secondary N) is 2. The molecule has 1 aliphatic carbocycles. The summed E-state index contributed by atoms with van der Waals surface area (Å²) in [6.45, 7) is -1.11. The van der Waals surface area contributed by atoms with Crippen LogP contribution in [0.1, 0.15) is 36.7 Å². The number of H-pyrrole nitrogens is 1. The standard InChI is InChI=1S/C13H13F2N7/c1-6-8(4-18-22(6)12(14)15)19-13-20-9(7-2-3-7)10-11(21-13)17-5-16-10/h4-5,7,12H,2-3H2,1H3,(H2,16,17,19,20,21). The molecule has 2 N–H and O–H groups in total. The summed E-state index contributed by atoms with van der Waals surface area (Å²) in [6.07, 6.45) is 5.09. The first kappa shape index (κ1) is 13.1. The van der Waals surface area contributed by atoms with E-state index in [0.717, 1.165) is 24.1 Å². The molecular weight excluding hydrogens is 292 g/mol. The van der Waals surface area contributed by atoms with E-state index in [1.54, 1.807) is 13.3 Å². The quantitative estimate of drug-likeness (QED) is 0.774. The fourth-order valence-electron chi connectivity index (χ4n) is 2.42. The molecule has 0 radical (unpaired) electrons. The predicted octanol–water partition coefficient (Wildman–Crippen LogP) is 2.87. The summed E-state index contributed by atoms with van der Waals surface area (Å²) in [6, 6.07) is 0. The Morgan fingerprint density at radius 2 is 2.18 bits per heavy atom. The van der Waals surface area contributed by atoms with Crippen molar-refractivity contribution >= 4 is 22.8 Å². The lowest BCUT2D eigenvalue weighted by Crippen LogP contribution is -2.04. The molecule has 22 heavy (non-hydrogen) atoms. The van der Waals surface area contributed by atoms with Crippen molar-refractivity contribution in [3.05, 3.63) is 23.9 Å². The zero-order chi connectivity index (χ0) is 15.3. The molecule has 4 rings (SSSR count). The summed E-state index contributed by atoms with van der Waals surface area (Å²) in [5.41, 5.74) is 3.09. The van der Waals surface area contributed by atoms with Gasteiger partial charge >= 0.3 is 6.55 Å². The van der Waals surface area contributed by atoms with Crippen molar-refractivity contribution < 1.29 is 8.78 Å². The molecule has 3 aromatic heterocycles. The van der Waals surface area contributed by atoms with Crippen molar-refractivity contribution in [1.82, 2.24) is 29.7 Å². The number of aromatic nitrogens is 6. The summed E-state index contributed by atoms with van der Waals surface area (Å²) in [5, 5.41) is 6.63. The molecule has 0 saturated heterocycles. The van der Waals surface area contributed by atoms with Gasteiger partial charge in [-0.25, -0.2) is 14.6 Å². The van der Waals surface area contributed by atoms with E-state index in [-0.39, 0.29) is 0 Å². The largest absolute Gasteiger partial charge is 0.333 e. The summed E-state index contributed by atoms with van der Waals surface area (Å²) in [5.74, 6) is 0.759. The highest BCUT2D eigenvalue weighted by molar-refractivity contribution is 5.76. The average molecular weight is 305 g/mol. The Morgan fingerprint density at radius 3 is 2.86 bits per heavy atom. The first-order valence-corrected chi connectivity index (χ1v) is 6.94. The molecule has 0 aliphatic heterocycles. The van der Waals surface area contributed by atoms with Gasteiger partial charge in [-0.15, -0.1) is 0 Å². The van der Waals surface area contributed by atoms with Crippen LogP contribution < -0.4 is 5.32 Å². The monoisotopic (exact) mass is 305 g/mol. The van der Waals surface area contributed by atoms with Crippen LogP contribution in [0, 0.1) is 6.92 Å². The van der Waals surface area contributed by atoms with Gasteiger partial charge in [0, 0.05) is 5.92 Å². The van der Waals surface area contributed by atoms with Crippen LogP contribution in [0.2, 0.25) is 0 Å². The molecule has 9 heteroatoms. The van der Waals surface area contributed by atoms with Gasteiger partial charge < -0.3 is 10.3 Å². The number of hydrogen-bond donors (Lipinski definition) is 2. The van der Waals surface area contributed by atoms with E-state index in [2.05, 4.69) is 30.4 Å². The Kier molecular flexibility index (Phi) is 2.81. The molecule has 1 aliphatic rings. The molecule has 0 atom stereocenters. The number of rotatable bonds is 4. The average Bonchev–Trinajstić information content (AvgIpc) is 3.12. The first-order chi connectivity index (χ1) is 10.6. The van der Waals surface area contributed by atoms with Crippen molar-refractivity contribution in [2.45, 2.75) is 32.2 Å². The lowest BCUT2D eigenvalue weighted by molar-refractivity contribution is 0.0545. The number of halogens is 2. The van der Waals surface area contributed by atoms with E-state index in [1.807, 2.05) is 0 Å². The number of aromatic amines is 1. The SMILES string of the molecule is Cc1c(Nc2nc(C3CC3)c3nc[nH]c3n2)cnn1C(F)F. The Morgan fingerprint density at radius 1 is 1.36 bits per heavy atom. The highest BCUT2D eigenvalue weighted by atomic mass is 19.3. The zero-order valence-corrected chi connectivity index (χ0v) is 11.7. The Hall–Kier alpha value is -2.58. The van der Waals surface area contributed by atoms with Crippen molar-refractivity contribution in [2.24, 2.45) is 0 Å². The highest BCUT2D eigenvalue weighted by Crippen LogP contribution is 2.41. The molecule has 7 nitrogen and oxygen atoms in total. The molecule has 0 amide bonds. The van der Waals surface area contributed by atoms with Crippen LogP contribution in [0.3, 0.4) is 0 Å². The molecule has 114 valence electrons. The Bertz CT molecular complexity index is 834. The van der Waals surface area contributed by atoms with E-state index in [1.165, 1.54) is 6.20 Å². The van der Waals surface area contributed by atoms with Gasteiger partial charge in [-0.05, 0) is 19.8 Å². The molecule has 0 spiro atoms. The van der Waals surface area contributed by atoms with E-state index in [4.69, 9.17) is 0 Å². The third-order valence-electron chi connectivity index (χ3n) is 3.75. The summed E-state index contributed by atoms with van der Waals surface area (Å²) in [4.78, 5) is 16.0.